The van der Waals surface area contributed by atoms with Gasteiger partial charge in [0.05, 0.1) is 34.2 Å². The maximum atomic E-state index is 15.4. The summed E-state index contributed by atoms with van der Waals surface area (Å²) >= 11 is 13.8. The van der Waals surface area contributed by atoms with Gasteiger partial charge in [-0.3, -0.25) is 14.7 Å². The lowest BCUT2D eigenvalue weighted by Gasteiger charge is -2.38. The van der Waals surface area contributed by atoms with E-state index in [0.717, 1.165) is 25.1 Å². The Kier molecular flexibility index (Phi) is 9.95. The minimum absolute atomic E-state index is 0.0505. The lowest BCUT2D eigenvalue weighted by atomic mass is 10.0. The van der Waals surface area contributed by atoms with Crippen molar-refractivity contribution in [3.63, 3.8) is 0 Å². The lowest BCUT2D eigenvalue weighted by Crippen LogP contribution is -2.47. The molecule has 5 heterocycles. The molecule has 0 aliphatic carbocycles. The van der Waals surface area contributed by atoms with E-state index >= 15 is 4.39 Å². The number of rotatable bonds is 12. The Balaban J connectivity index is 1.20. The van der Waals surface area contributed by atoms with Gasteiger partial charge in [0.2, 0.25) is 11.8 Å². The number of pyridine rings is 3. The number of methoxy groups -OCH3 is 1. The zero-order valence-corrected chi connectivity index (χ0v) is 26.7. The number of aromatic nitrogens is 3. The van der Waals surface area contributed by atoms with Crippen molar-refractivity contribution in [2.75, 3.05) is 38.7 Å². The minimum Gasteiger partial charge on any atom is -0.481 e. The molecule has 240 valence electrons. The van der Waals surface area contributed by atoms with Crippen LogP contribution in [0.15, 0.2) is 54.9 Å². The largest absolute Gasteiger partial charge is 0.481 e. The zero-order valence-electron chi connectivity index (χ0n) is 25.2. The number of carbonyl (C=O) groups excluding carboxylic acids is 1. The summed E-state index contributed by atoms with van der Waals surface area (Å²) < 4.78 is 21.0. The van der Waals surface area contributed by atoms with Gasteiger partial charge >= 0.3 is 0 Å². The molecule has 0 bridgehead atoms. The molecule has 6 rings (SSSR count). The Labute approximate surface area is 276 Å². The van der Waals surface area contributed by atoms with Gasteiger partial charge < -0.3 is 25.8 Å². The van der Waals surface area contributed by atoms with Gasteiger partial charge in [-0.25, -0.2) is 14.4 Å². The third kappa shape index (κ3) is 6.93. The Morgan fingerprint density at radius 1 is 1.07 bits per heavy atom. The first-order valence-electron chi connectivity index (χ1n) is 15.1. The lowest BCUT2D eigenvalue weighted by molar-refractivity contribution is -0.119. The number of aliphatic hydroxyl groups excluding tert-OH is 1. The topological polar surface area (TPSA) is 125 Å². The summed E-state index contributed by atoms with van der Waals surface area (Å²) in [5, 5.41) is 19.3. The summed E-state index contributed by atoms with van der Waals surface area (Å²) in [6.45, 7) is 3.20. The van der Waals surface area contributed by atoms with E-state index in [9.17, 15) is 9.90 Å². The minimum atomic E-state index is -0.464. The van der Waals surface area contributed by atoms with Crippen LogP contribution in [0.1, 0.15) is 24.0 Å². The molecule has 46 heavy (non-hydrogen) atoms. The average Bonchev–Trinajstić information content (AvgIpc) is 3.46. The molecule has 3 aromatic heterocycles. The van der Waals surface area contributed by atoms with Gasteiger partial charge in [0, 0.05) is 92.4 Å². The fourth-order valence-corrected chi connectivity index (χ4v) is 6.34. The smallest absolute Gasteiger partial charge is 0.220 e. The van der Waals surface area contributed by atoms with Crippen molar-refractivity contribution in [3.05, 3.63) is 81.8 Å². The Hall–Kier alpha value is -3.87. The second kappa shape index (κ2) is 14.3. The SMILES string of the molecule is COc1nc(-c2cccc(-c3nccc(Nc4nccc(CN5CC(CO)C5)c4F)c3Cl)c2Cl)ccc1CNC[C@@H]1CCC(=O)N1. The molecule has 2 fully saturated rings. The monoisotopic (exact) mass is 665 g/mol. The highest BCUT2D eigenvalue weighted by Crippen LogP contribution is 2.41. The number of halogens is 3. The number of nitrogens with one attached hydrogen (secondary N) is 3. The number of ether oxygens (including phenoxy) is 1. The van der Waals surface area contributed by atoms with Gasteiger partial charge in [0.25, 0.3) is 0 Å². The highest BCUT2D eigenvalue weighted by molar-refractivity contribution is 6.39. The van der Waals surface area contributed by atoms with E-state index in [0.29, 0.717) is 70.7 Å². The van der Waals surface area contributed by atoms with Gasteiger partial charge in [-0.2, -0.15) is 0 Å². The maximum Gasteiger partial charge on any atom is 0.220 e. The number of nitrogens with zero attached hydrogens (tertiary/aromatic N) is 4. The van der Waals surface area contributed by atoms with Crippen LogP contribution in [0.2, 0.25) is 10.0 Å². The normalized spacial score (nSPS) is 16.7. The predicted octanol–water partition coefficient (Wildman–Crippen LogP) is 5.20. The van der Waals surface area contributed by atoms with Crippen LogP contribution in [0.3, 0.4) is 0 Å². The summed E-state index contributed by atoms with van der Waals surface area (Å²) in [7, 11) is 1.57. The molecule has 4 N–H and O–H groups in total. The number of benzene rings is 1. The maximum absolute atomic E-state index is 15.4. The van der Waals surface area contributed by atoms with E-state index in [1.165, 1.54) is 0 Å². The highest BCUT2D eigenvalue weighted by atomic mass is 35.5. The zero-order chi connectivity index (χ0) is 32.2. The summed E-state index contributed by atoms with van der Waals surface area (Å²) in [6.07, 6.45) is 4.50. The summed E-state index contributed by atoms with van der Waals surface area (Å²) in [4.78, 5) is 27.0. The van der Waals surface area contributed by atoms with E-state index in [1.807, 2.05) is 30.3 Å². The van der Waals surface area contributed by atoms with Crippen molar-refractivity contribution >= 4 is 40.6 Å². The number of hydrogen-bond donors (Lipinski definition) is 4. The van der Waals surface area contributed by atoms with Crippen LogP contribution in [0, 0.1) is 11.7 Å². The van der Waals surface area contributed by atoms with Gasteiger partial charge in [-0.1, -0.05) is 47.5 Å². The van der Waals surface area contributed by atoms with Gasteiger partial charge in [-0.15, -0.1) is 0 Å². The summed E-state index contributed by atoms with van der Waals surface area (Å²) in [5.41, 5.74) is 4.06. The summed E-state index contributed by atoms with van der Waals surface area (Å²) in [5.74, 6) is 0.368. The fraction of sp³-hybridized carbons (Fsp3) is 0.333. The molecule has 1 aromatic carbocycles. The number of likely N-dealkylation sites (tertiary alicyclic amines) is 1. The van der Waals surface area contributed by atoms with E-state index in [4.69, 9.17) is 32.9 Å². The predicted molar refractivity (Wildman–Crippen MR) is 176 cm³/mol. The van der Waals surface area contributed by atoms with Gasteiger partial charge in [-0.05, 0) is 24.6 Å². The van der Waals surface area contributed by atoms with Crippen LogP contribution in [0.4, 0.5) is 15.9 Å². The van der Waals surface area contributed by atoms with Crippen LogP contribution < -0.4 is 20.7 Å². The highest BCUT2D eigenvalue weighted by Gasteiger charge is 2.27. The molecule has 0 spiro atoms. The standard InChI is InChI=1S/C33H34Cl2FN7O3/c1-46-33-20(13-37-14-22-6-8-27(45)40-22)5-7-25(42-33)23-3-2-4-24(28(23)34)31-29(35)26(10-12-38-31)41-32-30(36)21(9-11-39-32)17-43-15-19(16-43)18-44/h2-5,7,9-12,19,22,37,44H,6,8,13-18H2,1H3,(H,40,45)(H,38,39,41)/t22-/m0/s1. The van der Waals surface area contributed by atoms with Crippen LogP contribution in [0.25, 0.3) is 22.5 Å². The van der Waals surface area contributed by atoms with E-state index < -0.39 is 5.82 Å². The van der Waals surface area contributed by atoms with Crippen molar-refractivity contribution in [3.8, 4) is 28.4 Å². The fourth-order valence-electron chi connectivity index (χ4n) is 5.77. The van der Waals surface area contributed by atoms with Crippen molar-refractivity contribution in [1.29, 1.82) is 0 Å². The van der Waals surface area contributed by atoms with Crippen LogP contribution in [-0.4, -0.2) is 70.3 Å². The molecule has 0 saturated carbocycles. The van der Waals surface area contributed by atoms with Crippen molar-refractivity contribution < 1.29 is 19.0 Å². The van der Waals surface area contributed by atoms with E-state index in [1.54, 1.807) is 31.6 Å². The summed E-state index contributed by atoms with van der Waals surface area (Å²) in [6, 6.07) is 12.8. The molecule has 0 radical (unpaired) electrons. The Bertz CT molecular complexity index is 1740. The van der Waals surface area contributed by atoms with Crippen molar-refractivity contribution in [2.24, 2.45) is 5.92 Å². The third-order valence-corrected chi connectivity index (χ3v) is 9.04. The second-order valence-electron chi connectivity index (χ2n) is 11.5. The first-order valence-corrected chi connectivity index (χ1v) is 15.8. The van der Waals surface area contributed by atoms with E-state index in [-0.39, 0.29) is 35.3 Å². The van der Waals surface area contributed by atoms with Crippen molar-refractivity contribution in [1.82, 2.24) is 30.5 Å². The molecule has 13 heteroatoms. The molecule has 1 amide bonds. The van der Waals surface area contributed by atoms with Gasteiger partial charge in [0.1, 0.15) is 0 Å². The number of amides is 1. The number of anilines is 2. The van der Waals surface area contributed by atoms with Gasteiger partial charge in [0.15, 0.2) is 11.6 Å². The first-order chi connectivity index (χ1) is 22.3. The Morgan fingerprint density at radius 2 is 1.87 bits per heavy atom. The molecule has 0 unspecified atom stereocenters. The van der Waals surface area contributed by atoms with Crippen molar-refractivity contribution in [2.45, 2.75) is 32.0 Å². The third-order valence-electron chi connectivity index (χ3n) is 8.25. The quantitative estimate of drug-likeness (QED) is 0.162. The first kappa shape index (κ1) is 32.1. The van der Waals surface area contributed by atoms with Crippen LogP contribution >= 0.6 is 23.2 Å². The molecule has 2 aliphatic rings. The van der Waals surface area contributed by atoms with E-state index in [2.05, 4.69) is 30.8 Å². The number of carbonyl (C=O) groups is 1. The number of hydrogen-bond acceptors (Lipinski definition) is 9. The Morgan fingerprint density at radius 3 is 2.63 bits per heavy atom. The molecule has 10 nitrogen and oxygen atoms in total. The van der Waals surface area contributed by atoms with Crippen LogP contribution in [0.5, 0.6) is 5.88 Å². The average molecular weight is 667 g/mol. The van der Waals surface area contributed by atoms with Crippen LogP contribution in [-0.2, 0) is 17.9 Å². The molecule has 2 saturated heterocycles. The molecular weight excluding hydrogens is 632 g/mol. The number of aliphatic hydroxyl groups is 1. The molecule has 4 aromatic rings. The second-order valence-corrected chi connectivity index (χ2v) is 12.2. The molecular formula is C33H34Cl2FN7O3. The molecule has 1 atom stereocenters. The molecule has 2 aliphatic heterocycles.